The molecule has 3 N–H and O–H groups in total. The zero-order valence-corrected chi connectivity index (χ0v) is 25.0. The molecule has 2 aromatic carbocycles. The molecule has 8 rings (SSSR count). The van der Waals surface area contributed by atoms with Gasteiger partial charge in [0.25, 0.3) is 0 Å². The Labute approximate surface area is 255 Å². The monoisotopic (exact) mass is 603 g/mol. The summed E-state index contributed by atoms with van der Waals surface area (Å²) in [6, 6.07) is 9.03. The number of hydrogen-bond acceptors (Lipinski definition) is 8. The molecule has 0 saturated carbocycles. The molecule has 6 heterocycles. The van der Waals surface area contributed by atoms with E-state index in [2.05, 4.69) is 15.1 Å². The summed E-state index contributed by atoms with van der Waals surface area (Å²) in [6.45, 7) is 5.26. The summed E-state index contributed by atoms with van der Waals surface area (Å²) < 4.78 is 35.9. The zero-order valence-electron chi connectivity index (χ0n) is 25.0. The molecule has 0 aliphatic carbocycles. The Balaban J connectivity index is 1.20. The summed E-state index contributed by atoms with van der Waals surface area (Å²) in [5.74, 6) is 0.108. The molecule has 3 unspecified atom stereocenters. The Morgan fingerprint density at radius 3 is 2.73 bits per heavy atom. The molecule has 5 aliphatic heterocycles. The van der Waals surface area contributed by atoms with Crippen LogP contribution in [0.2, 0.25) is 0 Å². The van der Waals surface area contributed by atoms with E-state index in [1.165, 1.54) is 6.07 Å². The van der Waals surface area contributed by atoms with Crippen LogP contribution in [-0.4, -0.2) is 76.7 Å². The highest BCUT2D eigenvalue weighted by atomic mass is 19.1. The summed E-state index contributed by atoms with van der Waals surface area (Å²) in [6.07, 6.45) is 6.79. The van der Waals surface area contributed by atoms with Gasteiger partial charge in [0.15, 0.2) is 6.23 Å². The number of aryl methyl sites for hydroxylation is 1. The van der Waals surface area contributed by atoms with Crippen LogP contribution in [0.15, 0.2) is 36.5 Å². The number of nitrogens with zero attached hydrogens (tertiary/aromatic N) is 4. The van der Waals surface area contributed by atoms with E-state index in [1.54, 1.807) is 29.3 Å². The van der Waals surface area contributed by atoms with Gasteiger partial charge in [-0.1, -0.05) is 13.0 Å². The average molecular weight is 604 g/mol. The highest BCUT2D eigenvalue weighted by molar-refractivity contribution is 5.99. The van der Waals surface area contributed by atoms with Crippen LogP contribution in [0.1, 0.15) is 62.1 Å². The van der Waals surface area contributed by atoms with Crippen LogP contribution in [0, 0.1) is 5.82 Å². The van der Waals surface area contributed by atoms with Gasteiger partial charge in [-0.05, 0) is 67.8 Å². The predicted molar refractivity (Wildman–Crippen MR) is 166 cm³/mol. The Morgan fingerprint density at radius 2 is 1.93 bits per heavy atom. The number of aliphatic hydroxyl groups is 1. The summed E-state index contributed by atoms with van der Waals surface area (Å²) in [7, 11) is 0. The Morgan fingerprint density at radius 1 is 1.11 bits per heavy atom. The van der Waals surface area contributed by atoms with Crippen LogP contribution in [0.3, 0.4) is 0 Å². The number of nitrogens with one attached hydrogen (secondary N) is 1. The van der Waals surface area contributed by atoms with E-state index in [0.29, 0.717) is 71.7 Å². The van der Waals surface area contributed by atoms with Gasteiger partial charge in [0.1, 0.15) is 30.0 Å². The number of aromatic nitrogens is 1. The summed E-state index contributed by atoms with van der Waals surface area (Å²) in [5.41, 5.74) is 2.91. The molecule has 8 nitrogen and oxygen atoms in total. The second kappa shape index (κ2) is 10.6. The number of rotatable bonds is 6. The number of aromatic hydroxyl groups is 1. The smallest absolute Gasteiger partial charge is 0.215 e. The summed E-state index contributed by atoms with van der Waals surface area (Å²) in [5, 5.41) is 27.6. The molecular formula is C34H39F2N5O3. The largest absolute Gasteiger partial charge is 0.508 e. The molecule has 0 radical (unpaired) electrons. The van der Waals surface area contributed by atoms with Gasteiger partial charge in [0.2, 0.25) is 5.88 Å². The molecule has 2 bridgehead atoms. The number of phenols is 1. The van der Waals surface area contributed by atoms with Crippen LogP contribution in [0.25, 0.3) is 16.8 Å². The molecule has 44 heavy (non-hydrogen) atoms. The van der Waals surface area contributed by atoms with E-state index < -0.39 is 12.4 Å². The van der Waals surface area contributed by atoms with Crippen molar-refractivity contribution in [1.29, 1.82) is 0 Å². The third-order valence-corrected chi connectivity index (χ3v) is 10.5. The maximum absolute atomic E-state index is 15.0. The molecule has 3 aromatic rings. The van der Waals surface area contributed by atoms with Gasteiger partial charge in [-0.3, -0.25) is 4.90 Å². The van der Waals surface area contributed by atoms with Crippen molar-refractivity contribution in [2.24, 2.45) is 0 Å². The van der Waals surface area contributed by atoms with Crippen LogP contribution in [0.4, 0.5) is 20.2 Å². The lowest BCUT2D eigenvalue weighted by Gasteiger charge is -2.38. The van der Waals surface area contributed by atoms with Gasteiger partial charge >= 0.3 is 0 Å². The Kier molecular flexibility index (Phi) is 6.73. The van der Waals surface area contributed by atoms with E-state index in [1.807, 2.05) is 19.1 Å². The number of aliphatic hydroxyl groups excluding tert-OH is 1. The van der Waals surface area contributed by atoms with E-state index in [9.17, 15) is 19.0 Å². The number of phenolic OH excluding ortho intramolecular Hbond substituents is 1. The van der Waals surface area contributed by atoms with Crippen molar-refractivity contribution in [2.45, 2.75) is 75.5 Å². The molecule has 5 aliphatic rings. The first-order chi connectivity index (χ1) is 21.3. The van der Waals surface area contributed by atoms with E-state index in [0.717, 1.165) is 56.6 Å². The van der Waals surface area contributed by atoms with Crippen molar-refractivity contribution < 1.29 is 23.7 Å². The molecule has 0 amide bonds. The predicted octanol–water partition coefficient (Wildman–Crippen LogP) is 5.02. The lowest BCUT2D eigenvalue weighted by atomic mass is 9.95. The molecule has 10 heteroatoms. The van der Waals surface area contributed by atoms with Gasteiger partial charge in [0.05, 0.1) is 16.9 Å². The van der Waals surface area contributed by atoms with Crippen molar-refractivity contribution in [3.63, 3.8) is 0 Å². The number of pyridine rings is 1. The van der Waals surface area contributed by atoms with Gasteiger partial charge in [-0.25, -0.2) is 13.8 Å². The van der Waals surface area contributed by atoms with Crippen molar-refractivity contribution in [2.75, 3.05) is 42.6 Å². The number of fused-ring (bicyclic) bond motifs is 5. The molecular weight excluding hydrogens is 564 g/mol. The van der Waals surface area contributed by atoms with Gasteiger partial charge in [-0.15, -0.1) is 0 Å². The van der Waals surface area contributed by atoms with Crippen molar-refractivity contribution in [3.05, 3.63) is 59.2 Å². The van der Waals surface area contributed by atoms with Crippen molar-refractivity contribution in [3.8, 4) is 11.6 Å². The summed E-state index contributed by atoms with van der Waals surface area (Å²) >= 11 is 0. The highest BCUT2D eigenvalue weighted by Crippen LogP contribution is 2.45. The van der Waals surface area contributed by atoms with Gasteiger partial charge in [0, 0.05) is 67.4 Å². The molecule has 232 valence electrons. The first-order valence-electron chi connectivity index (χ1n) is 16.0. The molecule has 1 aromatic heterocycles. The maximum Gasteiger partial charge on any atom is 0.215 e. The molecule has 4 fully saturated rings. The Bertz CT molecular complexity index is 1640. The third kappa shape index (κ3) is 4.52. The van der Waals surface area contributed by atoms with E-state index in [4.69, 9.17) is 9.72 Å². The molecule has 4 saturated heterocycles. The first kappa shape index (κ1) is 28.0. The number of piperazine rings is 1. The fourth-order valence-electron chi connectivity index (χ4n) is 8.50. The van der Waals surface area contributed by atoms with Crippen LogP contribution < -0.4 is 19.9 Å². The van der Waals surface area contributed by atoms with Crippen molar-refractivity contribution in [1.82, 2.24) is 15.2 Å². The van der Waals surface area contributed by atoms with Crippen LogP contribution in [-0.2, 0) is 6.42 Å². The normalized spacial score (nSPS) is 29.5. The number of ether oxygens (including phenoxy) is 1. The second-order valence-corrected chi connectivity index (χ2v) is 13.2. The lowest BCUT2D eigenvalue weighted by Crippen LogP contribution is -2.51. The van der Waals surface area contributed by atoms with Crippen molar-refractivity contribution >= 4 is 28.2 Å². The first-order valence-corrected chi connectivity index (χ1v) is 16.0. The number of hydrogen-bond donors (Lipinski definition) is 3. The highest BCUT2D eigenvalue weighted by Gasteiger charge is 2.49. The number of alkyl halides is 1. The minimum atomic E-state index is -1.21. The van der Waals surface area contributed by atoms with Gasteiger partial charge < -0.3 is 30.1 Å². The molecule has 5 atom stereocenters. The third-order valence-electron chi connectivity index (χ3n) is 10.5. The van der Waals surface area contributed by atoms with Crippen LogP contribution in [0.5, 0.6) is 11.6 Å². The fourth-order valence-corrected chi connectivity index (χ4v) is 8.50. The van der Waals surface area contributed by atoms with E-state index >= 15 is 0 Å². The quantitative estimate of drug-likeness (QED) is 0.363. The standard InChI is InChI=1S/C34H39F2N5O3/c1-2-25-27(36)7-4-20-12-24(42)13-29(31(20)25)41-11-8-26-28(39-17-22-5-6-23(18-39)37-22)14-30(38-32(26)33(41)43)44-19-34-9-3-10-40(34)16-21(35)15-34/h4,7-8,11-14,21-23,33,37,42-43H,2-3,5-6,9-10,15-19H2,1H3/t21-,22?,23?,33?,34+/m1/s1. The minimum Gasteiger partial charge on any atom is -0.508 e. The average Bonchev–Trinajstić information content (AvgIpc) is 3.66. The SMILES string of the molecule is CCc1c(F)ccc2cc(O)cc(N3C=Cc4c(N5CC6CCC(C5)N6)cc(OC[C@@]56CCCN5C[C@H](F)C6)nc4C3O)c12. The van der Waals surface area contributed by atoms with Crippen LogP contribution >= 0.6 is 0 Å². The summed E-state index contributed by atoms with van der Waals surface area (Å²) in [4.78, 5) is 11.1. The molecule has 0 spiro atoms. The Hall–Kier alpha value is -3.47. The zero-order chi connectivity index (χ0) is 30.2. The maximum atomic E-state index is 15.0. The number of halogens is 2. The number of anilines is 2. The number of benzene rings is 2. The topological polar surface area (TPSA) is 84.3 Å². The van der Waals surface area contributed by atoms with Gasteiger partial charge in [-0.2, -0.15) is 0 Å². The minimum absolute atomic E-state index is 0.0256. The lowest BCUT2D eigenvalue weighted by molar-refractivity contribution is 0.109. The second-order valence-electron chi connectivity index (χ2n) is 13.2. The van der Waals surface area contributed by atoms with E-state index in [-0.39, 0.29) is 17.1 Å². The fraction of sp³-hybridized carbons (Fsp3) is 0.500.